The van der Waals surface area contributed by atoms with E-state index in [0.717, 1.165) is 0 Å². The Balaban J connectivity index is 3.05. The van der Waals surface area contributed by atoms with E-state index >= 15 is 0 Å². The third-order valence-corrected chi connectivity index (χ3v) is 5.51. The van der Waals surface area contributed by atoms with Crippen LogP contribution in [0.5, 0.6) is 0 Å². The standard InChI is InChI=1S/C22H38N10O6/c1-11(2)17(24)20(36)31-13(4-3-7-28-22(25)26)18(34)30-14(5-6-16(23)33)19(35)32-15(21(37)38)8-12-9-27-10-29-12/h9-11,13-15,17H,3-8,24H2,1-2H3,(H2,23,33)(H,27,29)(H,30,34)(H,31,36)(H,32,35)(H,37,38)(H4,25,26,28). The Kier molecular flexibility index (Phi) is 13.2. The van der Waals surface area contributed by atoms with Crippen molar-refractivity contribution in [1.82, 2.24) is 25.9 Å². The number of aliphatic carboxylic acids is 1. The van der Waals surface area contributed by atoms with Crippen LogP contribution in [0.3, 0.4) is 0 Å². The molecule has 38 heavy (non-hydrogen) atoms. The summed E-state index contributed by atoms with van der Waals surface area (Å²) in [6, 6.07) is -4.69. The number of aromatic amines is 1. The minimum Gasteiger partial charge on any atom is -0.480 e. The van der Waals surface area contributed by atoms with Crippen molar-refractivity contribution < 1.29 is 29.1 Å². The second-order valence-corrected chi connectivity index (χ2v) is 9.03. The Morgan fingerprint density at radius 2 is 1.55 bits per heavy atom. The molecule has 4 unspecified atom stereocenters. The van der Waals surface area contributed by atoms with Crippen molar-refractivity contribution in [1.29, 1.82) is 0 Å². The maximum absolute atomic E-state index is 13.2. The zero-order chi connectivity index (χ0) is 28.8. The lowest BCUT2D eigenvalue weighted by atomic mass is 10.0. The number of carbonyl (C=O) groups is 5. The molecule has 0 spiro atoms. The minimum atomic E-state index is -1.35. The van der Waals surface area contributed by atoms with Gasteiger partial charge in [-0.3, -0.25) is 24.2 Å². The lowest BCUT2D eigenvalue weighted by molar-refractivity contribution is -0.142. The third kappa shape index (κ3) is 11.7. The van der Waals surface area contributed by atoms with Crippen LogP contribution in [0.1, 0.15) is 45.2 Å². The van der Waals surface area contributed by atoms with Crippen LogP contribution in [0.25, 0.3) is 0 Å². The van der Waals surface area contributed by atoms with Crippen molar-refractivity contribution in [2.24, 2.45) is 33.8 Å². The van der Waals surface area contributed by atoms with Crippen molar-refractivity contribution in [3.63, 3.8) is 0 Å². The number of hydrogen-bond acceptors (Lipinski definition) is 8. The summed E-state index contributed by atoms with van der Waals surface area (Å²) in [6.45, 7) is 3.66. The lowest BCUT2D eigenvalue weighted by Crippen LogP contribution is -2.57. The van der Waals surface area contributed by atoms with Gasteiger partial charge in [0.2, 0.25) is 23.6 Å². The van der Waals surface area contributed by atoms with Crippen LogP contribution in [0.4, 0.5) is 0 Å². The smallest absolute Gasteiger partial charge is 0.326 e. The molecular weight excluding hydrogens is 500 g/mol. The quantitative estimate of drug-likeness (QED) is 0.0543. The number of nitrogens with two attached hydrogens (primary N) is 4. The lowest BCUT2D eigenvalue weighted by Gasteiger charge is -2.25. The van der Waals surface area contributed by atoms with E-state index in [2.05, 4.69) is 30.9 Å². The Morgan fingerprint density at radius 1 is 0.974 bits per heavy atom. The molecular formula is C22H38N10O6. The molecule has 0 aromatic carbocycles. The molecule has 16 nitrogen and oxygen atoms in total. The molecule has 1 aromatic rings. The first-order valence-corrected chi connectivity index (χ1v) is 12.0. The fourth-order valence-corrected chi connectivity index (χ4v) is 3.26. The molecule has 0 saturated carbocycles. The number of aromatic nitrogens is 2. The van der Waals surface area contributed by atoms with E-state index in [0.29, 0.717) is 12.1 Å². The van der Waals surface area contributed by atoms with E-state index in [1.807, 2.05) is 0 Å². The third-order valence-electron chi connectivity index (χ3n) is 5.51. The van der Waals surface area contributed by atoms with Crippen molar-refractivity contribution in [2.75, 3.05) is 6.54 Å². The number of primary amides is 1. The number of carboxylic acid groups (broad SMARTS) is 1. The van der Waals surface area contributed by atoms with Gasteiger partial charge in [0.1, 0.15) is 18.1 Å². The zero-order valence-corrected chi connectivity index (χ0v) is 21.5. The first-order valence-electron chi connectivity index (χ1n) is 12.0. The molecule has 212 valence electrons. The number of amides is 4. The van der Waals surface area contributed by atoms with E-state index in [-0.39, 0.29) is 44.1 Å². The highest BCUT2D eigenvalue weighted by molar-refractivity contribution is 5.94. The molecule has 0 fully saturated rings. The number of aliphatic imine (C=N–C) groups is 1. The van der Waals surface area contributed by atoms with Crippen molar-refractivity contribution >= 4 is 35.6 Å². The molecule has 16 heteroatoms. The number of carboxylic acids is 1. The van der Waals surface area contributed by atoms with E-state index in [1.165, 1.54) is 12.5 Å². The largest absolute Gasteiger partial charge is 0.480 e. The highest BCUT2D eigenvalue weighted by Crippen LogP contribution is 2.07. The van der Waals surface area contributed by atoms with Crippen molar-refractivity contribution in [3.05, 3.63) is 18.2 Å². The summed E-state index contributed by atoms with van der Waals surface area (Å²) in [5.74, 6) is -4.57. The maximum Gasteiger partial charge on any atom is 0.326 e. The molecule has 0 radical (unpaired) electrons. The molecule has 0 saturated heterocycles. The van der Waals surface area contributed by atoms with Gasteiger partial charge in [-0.25, -0.2) is 9.78 Å². The van der Waals surface area contributed by atoms with Gasteiger partial charge < -0.3 is 49.0 Å². The summed E-state index contributed by atoms with van der Waals surface area (Å²) in [4.78, 5) is 72.2. The van der Waals surface area contributed by atoms with Gasteiger partial charge in [0.25, 0.3) is 0 Å². The van der Waals surface area contributed by atoms with Crippen LogP contribution in [0, 0.1) is 5.92 Å². The summed E-state index contributed by atoms with van der Waals surface area (Å²) >= 11 is 0. The van der Waals surface area contributed by atoms with Gasteiger partial charge >= 0.3 is 5.97 Å². The highest BCUT2D eigenvalue weighted by Gasteiger charge is 2.31. The fraction of sp³-hybridized carbons (Fsp3) is 0.591. The van der Waals surface area contributed by atoms with Crippen LogP contribution in [0.2, 0.25) is 0 Å². The Labute approximate surface area is 219 Å². The first-order chi connectivity index (χ1) is 17.8. The molecule has 1 rings (SSSR count). The summed E-state index contributed by atoms with van der Waals surface area (Å²) in [7, 11) is 0. The number of nitrogens with one attached hydrogen (secondary N) is 4. The molecule has 1 aromatic heterocycles. The van der Waals surface area contributed by atoms with Crippen molar-refractivity contribution in [2.45, 2.75) is 70.1 Å². The first kappa shape index (κ1) is 31.8. The summed E-state index contributed by atoms with van der Waals surface area (Å²) in [5.41, 5.74) is 22.2. The van der Waals surface area contributed by atoms with Gasteiger partial charge in [-0.15, -0.1) is 0 Å². The fourth-order valence-electron chi connectivity index (χ4n) is 3.26. The number of guanidine groups is 1. The van der Waals surface area contributed by atoms with Gasteiger partial charge in [-0.05, 0) is 25.2 Å². The van der Waals surface area contributed by atoms with E-state index in [1.54, 1.807) is 13.8 Å². The van der Waals surface area contributed by atoms with E-state index < -0.39 is 53.8 Å². The molecule has 0 bridgehead atoms. The molecule has 0 aliphatic carbocycles. The van der Waals surface area contributed by atoms with Crippen molar-refractivity contribution in [3.8, 4) is 0 Å². The number of H-pyrrole nitrogens is 1. The number of imidazole rings is 1. The molecule has 1 heterocycles. The Morgan fingerprint density at radius 3 is 2.05 bits per heavy atom. The van der Waals surface area contributed by atoms with Crippen LogP contribution in [-0.2, 0) is 30.4 Å². The van der Waals surface area contributed by atoms with Gasteiger partial charge in [-0.1, -0.05) is 13.8 Å². The minimum absolute atomic E-state index is 0.0981. The Hall–Kier alpha value is -4.21. The number of nitrogens with zero attached hydrogens (tertiary/aromatic N) is 2. The molecule has 13 N–H and O–H groups in total. The Bertz CT molecular complexity index is 977. The monoisotopic (exact) mass is 538 g/mol. The molecule has 4 amide bonds. The average molecular weight is 539 g/mol. The predicted molar refractivity (Wildman–Crippen MR) is 137 cm³/mol. The summed E-state index contributed by atoms with van der Waals surface area (Å²) in [5, 5.41) is 17.0. The van der Waals surface area contributed by atoms with Crippen LogP contribution in [-0.4, -0.2) is 81.3 Å². The van der Waals surface area contributed by atoms with E-state index in [4.69, 9.17) is 22.9 Å². The topological polar surface area (TPSA) is 287 Å². The number of rotatable bonds is 17. The second kappa shape index (κ2) is 15.8. The summed E-state index contributed by atoms with van der Waals surface area (Å²) < 4.78 is 0. The highest BCUT2D eigenvalue weighted by atomic mass is 16.4. The van der Waals surface area contributed by atoms with Crippen LogP contribution < -0.4 is 38.9 Å². The van der Waals surface area contributed by atoms with E-state index in [9.17, 15) is 29.1 Å². The number of carbonyl (C=O) groups excluding carboxylic acids is 4. The second-order valence-electron chi connectivity index (χ2n) is 9.03. The molecule has 0 aliphatic rings. The van der Waals surface area contributed by atoms with Gasteiger partial charge in [0, 0.05) is 31.3 Å². The molecule has 4 atom stereocenters. The zero-order valence-electron chi connectivity index (χ0n) is 21.5. The summed E-state index contributed by atoms with van der Waals surface area (Å²) in [6.07, 6.45) is 2.59. The van der Waals surface area contributed by atoms with Gasteiger partial charge in [0.05, 0.1) is 12.4 Å². The van der Waals surface area contributed by atoms with Gasteiger partial charge in [0.15, 0.2) is 5.96 Å². The van der Waals surface area contributed by atoms with Crippen LogP contribution in [0.15, 0.2) is 17.5 Å². The normalized spacial score (nSPS) is 14.0. The van der Waals surface area contributed by atoms with Gasteiger partial charge in [-0.2, -0.15) is 0 Å². The SMILES string of the molecule is CC(C)C(N)C(=O)NC(CCCN=C(N)N)C(=O)NC(CCC(N)=O)C(=O)NC(Cc1cnc[nH]1)C(=O)O. The maximum atomic E-state index is 13.2. The molecule has 0 aliphatic heterocycles. The predicted octanol–water partition coefficient (Wildman–Crippen LogP) is -3.21. The number of hydrogen-bond donors (Lipinski definition) is 9. The average Bonchev–Trinajstić information content (AvgIpc) is 3.35. The van der Waals surface area contributed by atoms with Crippen LogP contribution >= 0.6 is 0 Å².